The number of carbonyl (C=O) groups excluding carboxylic acids is 1. The molecule has 1 atom stereocenters. The van der Waals surface area contributed by atoms with Crippen LogP contribution in [0.3, 0.4) is 0 Å². The minimum atomic E-state index is 0.124. The summed E-state index contributed by atoms with van der Waals surface area (Å²) in [6.45, 7) is 3.46. The predicted molar refractivity (Wildman–Crippen MR) is 104 cm³/mol. The second-order valence-corrected chi connectivity index (χ2v) is 8.17. The molecule has 0 bridgehead atoms. The maximum absolute atomic E-state index is 12.7. The Hall–Kier alpha value is -1.94. The van der Waals surface area contributed by atoms with E-state index in [0.717, 1.165) is 12.3 Å². The highest BCUT2D eigenvalue weighted by Gasteiger charge is 2.33. The van der Waals surface area contributed by atoms with Crippen molar-refractivity contribution in [3.8, 4) is 0 Å². The molecule has 0 aromatic heterocycles. The van der Waals surface area contributed by atoms with Crippen LogP contribution in [-0.4, -0.2) is 24.7 Å². The molecule has 1 heterocycles. The van der Waals surface area contributed by atoms with E-state index >= 15 is 0 Å². The molecule has 0 radical (unpaired) electrons. The van der Waals surface area contributed by atoms with Crippen LogP contribution >= 0.6 is 11.8 Å². The molecule has 3 nitrogen and oxygen atoms in total. The molecule has 0 saturated heterocycles. The van der Waals surface area contributed by atoms with Crippen LogP contribution in [0.15, 0.2) is 53.4 Å². The smallest absolute Gasteiger partial charge is 0.240 e. The van der Waals surface area contributed by atoms with Crippen molar-refractivity contribution in [2.45, 2.75) is 30.7 Å². The van der Waals surface area contributed by atoms with Gasteiger partial charge in [-0.2, -0.15) is 0 Å². The zero-order valence-electron chi connectivity index (χ0n) is 14.6. The molecule has 0 spiro atoms. The third kappa shape index (κ3) is 3.84. The second kappa shape index (κ2) is 7.12. The summed E-state index contributed by atoms with van der Waals surface area (Å²) in [5, 5.41) is 3.31. The Bertz CT molecular complexity index is 755. The minimum Gasteiger partial charge on any atom is -0.360 e. The van der Waals surface area contributed by atoms with Gasteiger partial charge < -0.3 is 10.2 Å². The monoisotopic (exact) mass is 352 g/mol. The lowest BCUT2D eigenvalue weighted by Gasteiger charge is -2.31. The van der Waals surface area contributed by atoms with Gasteiger partial charge in [-0.1, -0.05) is 42.0 Å². The van der Waals surface area contributed by atoms with Gasteiger partial charge in [0.2, 0.25) is 5.91 Å². The third-order valence-electron chi connectivity index (χ3n) is 5.01. The Kier molecular flexibility index (Phi) is 4.71. The zero-order chi connectivity index (χ0) is 17.2. The molecule has 1 aliphatic heterocycles. The number of nitrogens with zero attached hydrogens (tertiary/aromatic N) is 1. The average molecular weight is 353 g/mol. The van der Waals surface area contributed by atoms with E-state index < -0.39 is 0 Å². The predicted octanol–water partition coefficient (Wildman–Crippen LogP) is 4.17. The van der Waals surface area contributed by atoms with Crippen LogP contribution in [0.25, 0.3) is 0 Å². The molecule has 25 heavy (non-hydrogen) atoms. The molecule has 130 valence electrons. The molecule has 1 N–H and O–H groups in total. The number of hydrogen-bond donors (Lipinski definition) is 1. The van der Waals surface area contributed by atoms with Gasteiger partial charge in [-0.3, -0.25) is 4.79 Å². The van der Waals surface area contributed by atoms with E-state index in [4.69, 9.17) is 0 Å². The van der Waals surface area contributed by atoms with Crippen molar-refractivity contribution in [1.29, 1.82) is 0 Å². The van der Waals surface area contributed by atoms with E-state index in [2.05, 4.69) is 65.7 Å². The Balaban J connectivity index is 1.45. The van der Waals surface area contributed by atoms with Crippen molar-refractivity contribution >= 4 is 23.4 Å². The van der Waals surface area contributed by atoms with Crippen molar-refractivity contribution in [3.05, 3.63) is 59.7 Å². The number of rotatable bonds is 5. The van der Waals surface area contributed by atoms with Gasteiger partial charge in [0.15, 0.2) is 0 Å². The molecular weight excluding hydrogens is 328 g/mol. The number of amides is 1. The van der Waals surface area contributed by atoms with Crippen LogP contribution < -0.4 is 10.2 Å². The molecule has 2 aromatic rings. The summed E-state index contributed by atoms with van der Waals surface area (Å²) in [7, 11) is 0. The number of hydrogen-bond acceptors (Lipinski definition) is 3. The number of carbonyl (C=O) groups is 1. The van der Waals surface area contributed by atoms with E-state index in [1.807, 2.05) is 11.8 Å². The number of para-hydroxylation sites is 1. The molecule has 4 rings (SSSR count). The standard InChI is InChI=1S/C21H24N2OS/c1-15-6-8-16(9-7-15)21(17-10-11-17)22-20(24)14-23-12-13-25-19-5-3-2-4-18(19)23/h2-9,17,21H,10-14H2,1H3,(H,22,24)/t21-/m0/s1. The maximum atomic E-state index is 12.7. The molecule has 1 saturated carbocycles. The quantitative estimate of drug-likeness (QED) is 0.876. The van der Waals surface area contributed by atoms with Crippen molar-refractivity contribution in [2.24, 2.45) is 5.92 Å². The fraction of sp³-hybridized carbons (Fsp3) is 0.381. The molecule has 1 aliphatic carbocycles. The molecule has 0 unspecified atom stereocenters. The van der Waals surface area contributed by atoms with Crippen LogP contribution in [0.1, 0.15) is 30.0 Å². The van der Waals surface area contributed by atoms with Gasteiger partial charge in [-0.05, 0) is 43.4 Å². The Morgan fingerprint density at radius 2 is 1.96 bits per heavy atom. The highest BCUT2D eigenvalue weighted by atomic mass is 32.2. The van der Waals surface area contributed by atoms with Crippen molar-refractivity contribution in [1.82, 2.24) is 5.32 Å². The molecule has 1 amide bonds. The minimum absolute atomic E-state index is 0.124. The van der Waals surface area contributed by atoms with Gasteiger partial charge in [0.1, 0.15) is 0 Å². The van der Waals surface area contributed by atoms with Crippen LogP contribution in [0.2, 0.25) is 0 Å². The first kappa shape index (κ1) is 16.5. The van der Waals surface area contributed by atoms with E-state index in [0.29, 0.717) is 12.5 Å². The van der Waals surface area contributed by atoms with Crippen LogP contribution in [0.5, 0.6) is 0 Å². The van der Waals surface area contributed by atoms with E-state index in [9.17, 15) is 4.79 Å². The summed E-state index contributed by atoms with van der Waals surface area (Å²) in [6.07, 6.45) is 2.42. The molecule has 1 fully saturated rings. The van der Waals surface area contributed by atoms with E-state index in [1.165, 1.54) is 34.6 Å². The summed E-state index contributed by atoms with van der Waals surface area (Å²) < 4.78 is 0. The Morgan fingerprint density at radius 1 is 1.20 bits per heavy atom. The highest BCUT2D eigenvalue weighted by molar-refractivity contribution is 7.99. The lowest BCUT2D eigenvalue weighted by atomic mass is 10.0. The first-order chi connectivity index (χ1) is 12.2. The van der Waals surface area contributed by atoms with Gasteiger partial charge in [-0.15, -0.1) is 11.8 Å². The van der Waals surface area contributed by atoms with E-state index in [-0.39, 0.29) is 11.9 Å². The Morgan fingerprint density at radius 3 is 2.72 bits per heavy atom. The largest absolute Gasteiger partial charge is 0.360 e. The fourth-order valence-electron chi connectivity index (χ4n) is 3.46. The number of nitrogens with one attached hydrogen (secondary N) is 1. The van der Waals surface area contributed by atoms with Gasteiger partial charge in [0.05, 0.1) is 18.3 Å². The van der Waals surface area contributed by atoms with Gasteiger partial charge in [-0.25, -0.2) is 0 Å². The van der Waals surface area contributed by atoms with Crippen molar-refractivity contribution < 1.29 is 4.79 Å². The molecule has 4 heteroatoms. The molecule has 2 aromatic carbocycles. The van der Waals surface area contributed by atoms with Crippen LogP contribution in [0.4, 0.5) is 5.69 Å². The number of thioether (sulfide) groups is 1. The van der Waals surface area contributed by atoms with Crippen molar-refractivity contribution in [3.63, 3.8) is 0 Å². The van der Waals surface area contributed by atoms with Crippen LogP contribution in [0, 0.1) is 12.8 Å². The number of aryl methyl sites for hydroxylation is 1. The number of benzene rings is 2. The van der Waals surface area contributed by atoms with Gasteiger partial charge in [0.25, 0.3) is 0 Å². The van der Waals surface area contributed by atoms with Crippen LogP contribution in [-0.2, 0) is 4.79 Å². The Labute approximate surface area is 153 Å². The van der Waals surface area contributed by atoms with Gasteiger partial charge in [0, 0.05) is 17.2 Å². The lowest BCUT2D eigenvalue weighted by Crippen LogP contribution is -2.41. The average Bonchev–Trinajstić information content (AvgIpc) is 3.46. The first-order valence-corrected chi connectivity index (χ1v) is 10.0. The number of fused-ring (bicyclic) bond motifs is 1. The summed E-state index contributed by atoms with van der Waals surface area (Å²) in [5.74, 6) is 1.75. The maximum Gasteiger partial charge on any atom is 0.240 e. The summed E-state index contributed by atoms with van der Waals surface area (Å²) in [4.78, 5) is 16.2. The zero-order valence-corrected chi connectivity index (χ0v) is 15.4. The fourth-order valence-corrected chi connectivity index (χ4v) is 4.51. The van der Waals surface area contributed by atoms with Gasteiger partial charge >= 0.3 is 0 Å². The second-order valence-electron chi connectivity index (χ2n) is 7.03. The highest BCUT2D eigenvalue weighted by Crippen LogP contribution is 2.41. The van der Waals surface area contributed by atoms with E-state index in [1.54, 1.807) is 0 Å². The third-order valence-corrected chi connectivity index (χ3v) is 6.05. The first-order valence-electron chi connectivity index (χ1n) is 9.03. The number of anilines is 1. The lowest BCUT2D eigenvalue weighted by molar-refractivity contribution is -0.120. The normalized spacial score (nSPS) is 17.7. The SMILES string of the molecule is Cc1ccc([C@H](NC(=O)CN2CCSc3ccccc32)C2CC2)cc1. The van der Waals surface area contributed by atoms with Crippen molar-refractivity contribution in [2.75, 3.05) is 23.7 Å². The summed E-state index contributed by atoms with van der Waals surface area (Å²) in [6, 6.07) is 17.1. The topological polar surface area (TPSA) is 32.3 Å². The molecular formula is C21H24N2OS. The molecule has 2 aliphatic rings. The summed E-state index contributed by atoms with van der Waals surface area (Å²) >= 11 is 1.87. The summed E-state index contributed by atoms with van der Waals surface area (Å²) in [5.41, 5.74) is 3.68.